The monoisotopic (exact) mass is 283 g/mol. The van der Waals surface area contributed by atoms with E-state index in [1.807, 2.05) is 0 Å². The number of benzene rings is 1. The van der Waals surface area contributed by atoms with E-state index in [1.54, 1.807) is 19.1 Å². The fourth-order valence-electron chi connectivity index (χ4n) is 2.17. The molecule has 0 bridgehead atoms. The molecular formula is C13H17NO4S. The molecule has 1 saturated heterocycles. The lowest BCUT2D eigenvalue weighted by Gasteiger charge is -2.17. The highest BCUT2D eigenvalue weighted by atomic mass is 32.2. The SMILES string of the molecule is CCS(=O)(=O)c1ccccc1C(=O)N1CCC(O)C1. The number of hydrogen-bond acceptors (Lipinski definition) is 4. The molecule has 2 rings (SSSR count). The quantitative estimate of drug-likeness (QED) is 0.885. The number of hydrogen-bond donors (Lipinski definition) is 1. The van der Waals surface area contributed by atoms with Crippen molar-refractivity contribution in [1.82, 2.24) is 4.90 Å². The van der Waals surface area contributed by atoms with Crippen LogP contribution in [0.25, 0.3) is 0 Å². The minimum atomic E-state index is -3.43. The van der Waals surface area contributed by atoms with Crippen molar-refractivity contribution in [1.29, 1.82) is 0 Å². The molecule has 1 aliphatic heterocycles. The van der Waals surface area contributed by atoms with Crippen LogP contribution in [0.1, 0.15) is 23.7 Å². The Labute approximate surface area is 112 Å². The number of carbonyl (C=O) groups excluding carboxylic acids is 1. The van der Waals surface area contributed by atoms with Crippen LogP contribution in [0.2, 0.25) is 0 Å². The molecule has 0 aromatic heterocycles. The lowest BCUT2D eigenvalue weighted by Crippen LogP contribution is -2.30. The summed E-state index contributed by atoms with van der Waals surface area (Å²) in [6.45, 7) is 2.27. The number of carbonyl (C=O) groups is 1. The van der Waals surface area contributed by atoms with Crippen molar-refractivity contribution in [2.24, 2.45) is 0 Å². The van der Waals surface area contributed by atoms with Gasteiger partial charge in [-0.1, -0.05) is 19.1 Å². The molecule has 1 heterocycles. The summed E-state index contributed by atoms with van der Waals surface area (Å²) in [4.78, 5) is 13.9. The molecule has 6 heteroatoms. The molecule has 1 fully saturated rings. The highest BCUT2D eigenvalue weighted by Gasteiger charge is 2.28. The summed E-state index contributed by atoms with van der Waals surface area (Å²) < 4.78 is 24.0. The first kappa shape index (κ1) is 14.0. The molecule has 1 unspecified atom stereocenters. The molecule has 0 saturated carbocycles. The smallest absolute Gasteiger partial charge is 0.255 e. The van der Waals surface area contributed by atoms with E-state index in [0.717, 1.165) is 0 Å². The van der Waals surface area contributed by atoms with Gasteiger partial charge in [0.15, 0.2) is 9.84 Å². The second kappa shape index (κ2) is 5.30. The number of β-amino-alcohol motifs (C(OH)–C–C–N with tert-alkyl or cyclic N) is 1. The lowest BCUT2D eigenvalue weighted by molar-refractivity contribution is 0.0761. The molecule has 0 spiro atoms. The van der Waals surface area contributed by atoms with Crippen LogP contribution in [-0.2, 0) is 9.84 Å². The van der Waals surface area contributed by atoms with E-state index in [2.05, 4.69) is 0 Å². The van der Waals surface area contributed by atoms with Crippen molar-refractivity contribution in [3.05, 3.63) is 29.8 Å². The van der Waals surface area contributed by atoms with Crippen molar-refractivity contribution in [2.75, 3.05) is 18.8 Å². The fourth-order valence-corrected chi connectivity index (χ4v) is 3.25. The maximum atomic E-state index is 12.3. The number of rotatable bonds is 3. The first-order chi connectivity index (χ1) is 8.95. The maximum Gasteiger partial charge on any atom is 0.255 e. The van der Waals surface area contributed by atoms with Crippen LogP contribution in [0.5, 0.6) is 0 Å². The standard InChI is InChI=1S/C13H17NO4S/c1-2-19(17,18)12-6-4-3-5-11(12)13(16)14-8-7-10(15)9-14/h3-6,10,15H,2,7-9H2,1H3. The topological polar surface area (TPSA) is 74.7 Å². The van der Waals surface area contributed by atoms with Crippen LogP contribution in [0.15, 0.2) is 29.2 Å². The Morgan fingerprint density at radius 2 is 2.11 bits per heavy atom. The first-order valence-electron chi connectivity index (χ1n) is 6.25. The van der Waals surface area contributed by atoms with Crippen molar-refractivity contribution in [3.8, 4) is 0 Å². The summed E-state index contributed by atoms with van der Waals surface area (Å²) in [5.74, 6) is -0.371. The Hall–Kier alpha value is -1.40. The van der Waals surface area contributed by atoms with E-state index < -0.39 is 15.9 Å². The van der Waals surface area contributed by atoms with Crippen LogP contribution in [0, 0.1) is 0 Å². The van der Waals surface area contributed by atoms with Gasteiger partial charge in [0, 0.05) is 13.1 Å². The van der Waals surface area contributed by atoms with Crippen molar-refractivity contribution < 1.29 is 18.3 Å². The fraction of sp³-hybridized carbons (Fsp3) is 0.462. The Morgan fingerprint density at radius 3 is 2.68 bits per heavy atom. The van der Waals surface area contributed by atoms with Gasteiger partial charge in [0.25, 0.3) is 5.91 Å². The minimum absolute atomic E-state index is 0.0417. The second-order valence-corrected chi connectivity index (χ2v) is 6.84. The Morgan fingerprint density at radius 1 is 1.42 bits per heavy atom. The summed E-state index contributed by atoms with van der Waals surface area (Å²) in [6, 6.07) is 6.24. The molecule has 1 aromatic rings. The Bertz CT molecular complexity index is 582. The summed E-state index contributed by atoms with van der Waals surface area (Å²) in [6.07, 6.45) is 0.0212. The number of sulfone groups is 1. The number of nitrogens with zero attached hydrogens (tertiary/aromatic N) is 1. The van der Waals surface area contributed by atoms with E-state index >= 15 is 0 Å². The van der Waals surface area contributed by atoms with Crippen molar-refractivity contribution in [2.45, 2.75) is 24.3 Å². The van der Waals surface area contributed by atoms with Crippen LogP contribution < -0.4 is 0 Å². The molecule has 19 heavy (non-hydrogen) atoms. The van der Waals surface area contributed by atoms with Gasteiger partial charge in [0.2, 0.25) is 0 Å². The Kier molecular flexibility index (Phi) is 3.91. The van der Waals surface area contributed by atoms with E-state index in [4.69, 9.17) is 0 Å². The third kappa shape index (κ3) is 2.79. The zero-order chi connectivity index (χ0) is 14.0. The van der Waals surface area contributed by atoms with Gasteiger partial charge in [0.05, 0.1) is 22.3 Å². The van der Waals surface area contributed by atoms with Gasteiger partial charge in [-0.05, 0) is 18.6 Å². The zero-order valence-electron chi connectivity index (χ0n) is 10.7. The largest absolute Gasteiger partial charge is 0.391 e. The first-order valence-corrected chi connectivity index (χ1v) is 7.90. The molecule has 1 aliphatic rings. The van der Waals surface area contributed by atoms with Crippen LogP contribution >= 0.6 is 0 Å². The molecule has 1 amide bonds. The molecule has 1 atom stereocenters. The normalized spacial score (nSPS) is 19.7. The lowest BCUT2D eigenvalue weighted by atomic mass is 10.2. The van der Waals surface area contributed by atoms with Gasteiger partial charge in [-0.25, -0.2) is 8.42 Å². The van der Waals surface area contributed by atoms with E-state index in [9.17, 15) is 18.3 Å². The van der Waals surface area contributed by atoms with Gasteiger partial charge in [-0.15, -0.1) is 0 Å². The molecule has 0 radical (unpaired) electrons. The minimum Gasteiger partial charge on any atom is -0.391 e. The van der Waals surface area contributed by atoms with Gasteiger partial charge in [-0.3, -0.25) is 4.79 Å². The predicted molar refractivity (Wildman–Crippen MR) is 70.7 cm³/mol. The number of amides is 1. The van der Waals surface area contributed by atoms with E-state index in [-0.39, 0.29) is 28.7 Å². The van der Waals surface area contributed by atoms with Gasteiger partial charge in [-0.2, -0.15) is 0 Å². The third-order valence-electron chi connectivity index (χ3n) is 3.28. The van der Waals surface area contributed by atoms with Crippen molar-refractivity contribution in [3.63, 3.8) is 0 Å². The Balaban J connectivity index is 2.38. The average molecular weight is 283 g/mol. The van der Waals surface area contributed by atoms with Gasteiger partial charge >= 0.3 is 0 Å². The van der Waals surface area contributed by atoms with Crippen LogP contribution in [-0.4, -0.2) is 49.3 Å². The number of likely N-dealkylation sites (tertiary alicyclic amines) is 1. The molecular weight excluding hydrogens is 266 g/mol. The van der Waals surface area contributed by atoms with E-state index in [1.165, 1.54) is 17.0 Å². The average Bonchev–Trinajstić information content (AvgIpc) is 2.84. The summed E-state index contributed by atoms with van der Waals surface area (Å²) in [5.41, 5.74) is 0.193. The summed E-state index contributed by atoms with van der Waals surface area (Å²) >= 11 is 0. The highest BCUT2D eigenvalue weighted by Crippen LogP contribution is 2.21. The van der Waals surface area contributed by atoms with Crippen molar-refractivity contribution >= 4 is 15.7 Å². The maximum absolute atomic E-state index is 12.3. The van der Waals surface area contributed by atoms with E-state index in [0.29, 0.717) is 13.0 Å². The molecule has 1 N–H and O–H groups in total. The molecule has 1 aromatic carbocycles. The number of aliphatic hydroxyl groups is 1. The summed E-state index contributed by atoms with van der Waals surface area (Å²) in [7, 11) is -3.43. The number of aliphatic hydroxyl groups excluding tert-OH is 1. The third-order valence-corrected chi connectivity index (χ3v) is 5.07. The molecule has 0 aliphatic carbocycles. The zero-order valence-corrected chi connectivity index (χ0v) is 11.6. The molecule has 104 valence electrons. The van der Waals surface area contributed by atoms with Crippen LogP contribution in [0.3, 0.4) is 0 Å². The summed E-state index contributed by atoms with van der Waals surface area (Å²) in [5, 5.41) is 9.46. The molecule has 5 nitrogen and oxygen atoms in total. The highest BCUT2D eigenvalue weighted by molar-refractivity contribution is 7.91. The van der Waals surface area contributed by atoms with Gasteiger partial charge in [0.1, 0.15) is 0 Å². The van der Waals surface area contributed by atoms with Gasteiger partial charge < -0.3 is 10.0 Å². The van der Waals surface area contributed by atoms with Crippen LogP contribution in [0.4, 0.5) is 0 Å². The predicted octanol–water partition coefficient (Wildman–Crippen LogP) is 0.687. The second-order valence-electron chi connectivity index (χ2n) is 4.59.